The minimum atomic E-state index is -1.07. The van der Waals surface area contributed by atoms with Crippen molar-refractivity contribution < 1.29 is 23.6 Å². The van der Waals surface area contributed by atoms with E-state index in [0.717, 1.165) is 0 Å². The van der Waals surface area contributed by atoms with E-state index in [4.69, 9.17) is 9.63 Å². The van der Waals surface area contributed by atoms with Gasteiger partial charge in [-0.3, -0.25) is 4.79 Å². The molecule has 0 aliphatic rings. The summed E-state index contributed by atoms with van der Waals surface area (Å²) < 4.78 is 17.9. The summed E-state index contributed by atoms with van der Waals surface area (Å²) in [6.07, 6.45) is 0.214. The Kier molecular flexibility index (Phi) is 5.62. The summed E-state index contributed by atoms with van der Waals surface area (Å²) in [4.78, 5) is 27.0. The molecule has 1 atom stereocenters. The largest absolute Gasteiger partial charge is 0.480 e. The van der Waals surface area contributed by atoms with Gasteiger partial charge in [-0.15, -0.1) is 0 Å². The topological polar surface area (TPSA) is 105 Å². The fraction of sp³-hybridized carbons (Fsp3) is 0.375. The number of benzene rings is 1. The Labute approximate surface area is 137 Å². The van der Waals surface area contributed by atoms with E-state index >= 15 is 0 Å². The highest BCUT2D eigenvalue weighted by atomic mass is 19.1. The molecule has 0 unspecified atom stereocenters. The van der Waals surface area contributed by atoms with Crippen LogP contribution in [0.1, 0.15) is 26.2 Å². The van der Waals surface area contributed by atoms with E-state index in [2.05, 4.69) is 15.5 Å². The van der Waals surface area contributed by atoms with Crippen LogP contribution in [0.15, 0.2) is 28.8 Å². The van der Waals surface area contributed by atoms with Crippen molar-refractivity contribution in [2.75, 3.05) is 0 Å². The average molecular weight is 335 g/mol. The van der Waals surface area contributed by atoms with Crippen LogP contribution in [0.2, 0.25) is 0 Å². The summed E-state index contributed by atoms with van der Waals surface area (Å²) in [7, 11) is 0. The Hall–Kier alpha value is -2.77. The van der Waals surface area contributed by atoms with Gasteiger partial charge in [-0.1, -0.05) is 19.0 Å². The molecule has 2 rings (SSSR count). The minimum absolute atomic E-state index is 0.0293. The third kappa shape index (κ3) is 4.61. The van der Waals surface area contributed by atoms with Gasteiger partial charge in [-0.2, -0.15) is 4.98 Å². The predicted molar refractivity (Wildman–Crippen MR) is 82.4 cm³/mol. The first-order valence-corrected chi connectivity index (χ1v) is 7.47. The van der Waals surface area contributed by atoms with Gasteiger partial charge >= 0.3 is 5.97 Å². The van der Waals surface area contributed by atoms with Gasteiger partial charge in [-0.25, -0.2) is 9.18 Å². The van der Waals surface area contributed by atoms with Gasteiger partial charge in [0.15, 0.2) is 0 Å². The Balaban J connectivity index is 1.92. The number of aliphatic carboxylic acids is 1. The van der Waals surface area contributed by atoms with Crippen molar-refractivity contribution >= 4 is 11.9 Å². The molecule has 0 saturated carbocycles. The van der Waals surface area contributed by atoms with Crippen molar-refractivity contribution in [1.82, 2.24) is 15.5 Å². The van der Waals surface area contributed by atoms with Gasteiger partial charge < -0.3 is 14.9 Å². The number of carboxylic acid groups (broad SMARTS) is 1. The molecular formula is C16H18FN3O4. The highest BCUT2D eigenvalue weighted by molar-refractivity contribution is 5.83. The van der Waals surface area contributed by atoms with E-state index in [-0.39, 0.29) is 30.5 Å². The Morgan fingerprint density at radius 2 is 1.96 bits per heavy atom. The van der Waals surface area contributed by atoms with E-state index < -0.39 is 17.9 Å². The Bertz CT molecular complexity index is 712. The molecule has 7 nitrogen and oxygen atoms in total. The lowest BCUT2D eigenvalue weighted by Gasteiger charge is -2.17. The number of aryl methyl sites for hydroxylation is 1. The number of aromatic nitrogens is 2. The van der Waals surface area contributed by atoms with Crippen molar-refractivity contribution in [3.05, 3.63) is 36.0 Å². The van der Waals surface area contributed by atoms with E-state index in [9.17, 15) is 14.0 Å². The molecule has 1 aromatic heterocycles. The van der Waals surface area contributed by atoms with Crippen molar-refractivity contribution in [2.24, 2.45) is 5.92 Å². The molecule has 0 aliphatic heterocycles. The molecule has 2 aromatic rings. The van der Waals surface area contributed by atoms with Crippen LogP contribution in [0.25, 0.3) is 11.4 Å². The SMILES string of the molecule is CC(C)[C@@H](NC(=O)CCc1nc(-c2ccc(F)cc2)no1)C(=O)O. The van der Waals surface area contributed by atoms with Crippen LogP contribution >= 0.6 is 0 Å². The molecule has 0 saturated heterocycles. The zero-order valence-electron chi connectivity index (χ0n) is 13.3. The Morgan fingerprint density at radius 3 is 2.54 bits per heavy atom. The monoisotopic (exact) mass is 335 g/mol. The van der Waals surface area contributed by atoms with Gasteiger partial charge in [0.05, 0.1) is 0 Å². The number of hydrogen-bond donors (Lipinski definition) is 2. The van der Waals surface area contributed by atoms with Crippen LogP contribution in [-0.2, 0) is 16.0 Å². The molecule has 0 spiro atoms. The molecule has 2 N–H and O–H groups in total. The second-order valence-corrected chi connectivity index (χ2v) is 5.65. The lowest BCUT2D eigenvalue weighted by atomic mass is 10.0. The number of nitrogens with zero attached hydrogens (tertiary/aromatic N) is 2. The summed E-state index contributed by atoms with van der Waals surface area (Å²) in [5.74, 6) is -1.51. The maximum atomic E-state index is 12.9. The number of halogens is 1. The highest BCUT2D eigenvalue weighted by Crippen LogP contribution is 2.16. The second-order valence-electron chi connectivity index (χ2n) is 5.65. The van der Waals surface area contributed by atoms with E-state index in [1.165, 1.54) is 24.3 Å². The fourth-order valence-electron chi connectivity index (χ4n) is 2.05. The maximum Gasteiger partial charge on any atom is 0.326 e. The number of hydrogen-bond acceptors (Lipinski definition) is 5. The van der Waals surface area contributed by atoms with Crippen molar-refractivity contribution in [3.8, 4) is 11.4 Å². The molecule has 1 aromatic carbocycles. The first-order valence-electron chi connectivity index (χ1n) is 7.47. The predicted octanol–water partition coefficient (Wildman–Crippen LogP) is 2.03. The second kappa shape index (κ2) is 7.67. The number of amides is 1. The molecular weight excluding hydrogens is 317 g/mol. The molecule has 1 heterocycles. The van der Waals surface area contributed by atoms with Crippen LogP contribution in [0.4, 0.5) is 4.39 Å². The van der Waals surface area contributed by atoms with Crippen LogP contribution in [0.5, 0.6) is 0 Å². The lowest BCUT2D eigenvalue weighted by Crippen LogP contribution is -2.44. The van der Waals surface area contributed by atoms with Gasteiger partial charge in [0.1, 0.15) is 11.9 Å². The van der Waals surface area contributed by atoms with Gasteiger partial charge in [0.25, 0.3) is 0 Å². The maximum absolute atomic E-state index is 12.9. The third-order valence-corrected chi connectivity index (χ3v) is 3.39. The zero-order valence-corrected chi connectivity index (χ0v) is 13.3. The first-order chi connectivity index (χ1) is 11.4. The molecule has 8 heteroatoms. The molecule has 128 valence electrons. The van der Waals surface area contributed by atoms with Crippen molar-refractivity contribution in [1.29, 1.82) is 0 Å². The van der Waals surface area contributed by atoms with Gasteiger partial charge in [0.2, 0.25) is 17.6 Å². The zero-order chi connectivity index (χ0) is 17.7. The molecule has 1 amide bonds. The molecule has 24 heavy (non-hydrogen) atoms. The van der Waals surface area contributed by atoms with Crippen molar-refractivity contribution in [2.45, 2.75) is 32.7 Å². The summed E-state index contributed by atoms with van der Waals surface area (Å²) in [6.45, 7) is 3.43. The standard InChI is InChI=1S/C16H18FN3O4/c1-9(2)14(16(22)23)18-12(21)7-8-13-19-15(20-24-13)10-3-5-11(17)6-4-10/h3-6,9,14H,7-8H2,1-2H3,(H,18,21)(H,22,23)/t14-/m1/s1. The summed E-state index contributed by atoms with van der Waals surface area (Å²) in [6, 6.07) is 4.69. The first kappa shape index (κ1) is 17.6. The van der Waals surface area contributed by atoms with Crippen LogP contribution in [-0.4, -0.2) is 33.2 Å². The minimum Gasteiger partial charge on any atom is -0.480 e. The van der Waals surface area contributed by atoms with Crippen LogP contribution in [0.3, 0.4) is 0 Å². The van der Waals surface area contributed by atoms with Gasteiger partial charge in [0, 0.05) is 18.4 Å². The van der Waals surface area contributed by atoms with E-state index in [1.54, 1.807) is 13.8 Å². The molecule has 0 bridgehead atoms. The molecule has 0 aliphatic carbocycles. The summed E-state index contributed by atoms with van der Waals surface area (Å²) in [5, 5.41) is 15.3. The van der Waals surface area contributed by atoms with Crippen LogP contribution in [0, 0.1) is 11.7 Å². The van der Waals surface area contributed by atoms with Crippen molar-refractivity contribution in [3.63, 3.8) is 0 Å². The van der Waals surface area contributed by atoms with Crippen LogP contribution < -0.4 is 5.32 Å². The van der Waals surface area contributed by atoms with E-state index in [0.29, 0.717) is 11.4 Å². The number of rotatable bonds is 7. The summed E-state index contributed by atoms with van der Waals surface area (Å²) in [5.41, 5.74) is 0.599. The number of carbonyl (C=O) groups excluding carboxylic acids is 1. The summed E-state index contributed by atoms with van der Waals surface area (Å²) >= 11 is 0. The molecule has 0 fully saturated rings. The van der Waals surface area contributed by atoms with Gasteiger partial charge in [-0.05, 0) is 30.2 Å². The smallest absolute Gasteiger partial charge is 0.326 e. The fourth-order valence-corrected chi connectivity index (χ4v) is 2.05. The molecule has 0 radical (unpaired) electrons. The normalized spacial score (nSPS) is 12.2. The Morgan fingerprint density at radius 1 is 1.29 bits per heavy atom. The number of nitrogens with one attached hydrogen (secondary N) is 1. The quantitative estimate of drug-likeness (QED) is 0.802. The number of carbonyl (C=O) groups is 2. The lowest BCUT2D eigenvalue weighted by molar-refractivity contribution is -0.143. The number of carboxylic acids is 1. The average Bonchev–Trinajstić information content (AvgIpc) is 2.99. The van der Waals surface area contributed by atoms with E-state index in [1.807, 2.05) is 0 Å². The highest BCUT2D eigenvalue weighted by Gasteiger charge is 2.23. The third-order valence-electron chi connectivity index (χ3n) is 3.39.